The zero-order chi connectivity index (χ0) is 19.2. The molecular formula is C18H21N5O4. The number of hydrogen-bond donors (Lipinski definition) is 1. The molecule has 1 aliphatic rings. The van der Waals surface area contributed by atoms with E-state index in [-0.39, 0.29) is 23.4 Å². The summed E-state index contributed by atoms with van der Waals surface area (Å²) in [4.78, 5) is 33.2. The molecule has 1 amide bonds. The fourth-order valence-corrected chi connectivity index (χ4v) is 3.12. The monoisotopic (exact) mass is 371 g/mol. The molecule has 1 aliphatic heterocycles. The van der Waals surface area contributed by atoms with E-state index in [1.807, 2.05) is 0 Å². The number of piperidine rings is 1. The van der Waals surface area contributed by atoms with Crippen molar-refractivity contribution in [3.05, 3.63) is 52.6 Å². The quantitative estimate of drug-likeness (QED) is 0.613. The van der Waals surface area contributed by atoms with Crippen molar-refractivity contribution in [2.24, 2.45) is 0 Å². The molecule has 1 fully saturated rings. The van der Waals surface area contributed by atoms with Gasteiger partial charge in [-0.25, -0.2) is 4.98 Å². The maximum Gasteiger partial charge on any atom is 0.333 e. The van der Waals surface area contributed by atoms with Crippen LogP contribution in [0.25, 0.3) is 0 Å². The van der Waals surface area contributed by atoms with Crippen molar-refractivity contribution in [2.75, 3.05) is 25.0 Å². The molecule has 1 aromatic carbocycles. The average Bonchev–Trinajstić information content (AvgIpc) is 2.69. The minimum atomic E-state index is -0.431. The molecule has 1 saturated heterocycles. The third kappa shape index (κ3) is 4.30. The smallest absolute Gasteiger partial charge is 0.333 e. The summed E-state index contributed by atoms with van der Waals surface area (Å²) in [5.74, 6) is 0.105. The Bertz CT molecular complexity index is 807. The number of amides is 1. The maximum absolute atomic E-state index is 12.4. The number of carbonyl (C=O) groups excluding carboxylic acids is 1. The van der Waals surface area contributed by atoms with Crippen LogP contribution in [0, 0.1) is 10.1 Å². The molecule has 9 heteroatoms. The minimum Gasteiger partial charge on any atom is -0.487 e. The molecule has 0 radical (unpaired) electrons. The zero-order valence-corrected chi connectivity index (χ0v) is 15.0. The number of ether oxygens (including phenoxy) is 1. The second-order valence-corrected chi connectivity index (χ2v) is 6.14. The minimum absolute atomic E-state index is 0.0338. The lowest BCUT2D eigenvalue weighted by Gasteiger charge is -2.32. The van der Waals surface area contributed by atoms with Crippen LogP contribution in [-0.2, 0) is 0 Å². The standard InChI is InChI=1S/C18H21N5O4/c1-2-27-16-5-3-4-14(17(16)23(25)26)21-13-6-10-22(11-7-13)18(24)15-12-19-8-9-20-15/h3-5,8-9,12-13,21H,2,6-7,10-11H2,1H3. The normalized spacial score (nSPS) is 14.6. The summed E-state index contributed by atoms with van der Waals surface area (Å²) in [6, 6.07) is 5.03. The number of likely N-dealkylation sites (tertiary alicyclic amines) is 1. The molecule has 0 saturated carbocycles. The maximum atomic E-state index is 12.4. The van der Waals surface area contributed by atoms with Gasteiger partial charge in [0.25, 0.3) is 5.91 Å². The fourth-order valence-electron chi connectivity index (χ4n) is 3.12. The van der Waals surface area contributed by atoms with E-state index in [2.05, 4.69) is 15.3 Å². The summed E-state index contributed by atoms with van der Waals surface area (Å²) in [6.07, 6.45) is 5.83. The van der Waals surface area contributed by atoms with Gasteiger partial charge < -0.3 is 15.0 Å². The summed E-state index contributed by atoms with van der Waals surface area (Å²) in [5, 5.41) is 14.7. The van der Waals surface area contributed by atoms with Gasteiger partial charge in [0.05, 0.1) is 17.7 Å². The highest BCUT2D eigenvalue weighted by molar-refractivity contribution is 5.92. The van der Waals surface area contributed by atoms with E-state index >= 15 is 0 Å². The Hall–Kier alpha value is -3.23. The molecule has 2 aromatic rings. The Morgan fingerprint density at radius 1 is 1.37 bits per heavy atom. The van der Waals surface area contributed by atoms with Gasteiger partial charge in [0.15, 0.2) is 5.75 Å². The molecule has 0 aliphatic carbocycles. The number of rotatable bonds is 6. The molecular weight excluding hydrogens is 350 g/mol. The van der Waals surface area contributed by atoms with Gasteiger partial charge in [-0.15, -0.1) is 0 Å². The first kappa shape index (κ1) is 18.6. The Balaban J connectivity index is 1.65. The Morgan fingerprint density at radius 3 is 2.78 bits per heavy atom. The SMILES string of the molecule is CCOc1cccc(NC2CCN(C(=O)c3cnccn3)CC2)c1[N+](=O)[O-]. The summed E-state index contributed by atoms with van der Waals surface area (Å²) in [7, 11) is 0. The molecule has 0 spiro atoms. The molecule has 0 bridgehead atoms. The first-order valence-electron chi connectivity index (χ1n) is 8.82. The lowest BCUT2D eigenvalue weighted by Crippen LogP contribution is -2.42. The number of anilines is 1. The summed E-state index contributed by atoms with van der Waals surface area (Å²) in [5.41, 5.74) is 0.700. The molecule has 142 valence electrons. The number of benzene rings is 1. The Labute approximate surface area is 156 Å². The van der Waals surface area contributed by atoms with Crippen LogP contribution < -0.4 is 10.1 Å². The summed E-state index contributed by atoms with van der Waals surface area (Å²) < 4.78 is 5.38. The van der Waals surface area contributed by atoms with Gasteiger partial charge in [0.1, 0.15) is 11.4 Å². The molecule has 1 N–H and O–H groups in total. The van der Waals surface area contributed by atoms with Gasteiger partial charge in [-0.3, -0.25) is 19.9 Å². The number of para-hydroxylation sites is 1. The highest BCUT2D eigenvalue weighted by Gasteiger charge is 2.27. The zero-order valence-electron chi connectivity index (χ0n) is 15.0. The molecule has 27 heavy (non-hydrogen) atoms. The number of nitrogens with zero attached hydrogens (tertiary/aromatic N) is 4. The molecule has 0 unspecified atom stereocenters. The van der Waals surface area contributed by atoms with Gasteiger partial charge in [-0.2, -0.15) is 0 Å². The van der Waals surface area contributed by atoms with Crippen molar-refractivity contribution in [1.29, 1.82) is 0 Å². The van der Waals surface area contributed by atoms with Crippen LogP contribution in [0.2, 0.25) is 0 Å². The molecule has 2 heterocycles. The van der Waals surface area contributed by atoms with Crippen LogP contribution >= 0.6 is 0 Å². The van der Waals surface area contributed by atoms with Crippen molar-refractivity contribution in [1.82, 2.24) is 14.9 Å². The van der Waals surface area contributed by atoms with Gasteiger partial charge in [0, 0.05) is 31.5 Å². The van der Waals surface area contributed by atoms with E-state index in [0.717, 1.165) is 0 Å². The van der Waals surface area contributed by atoms with Crippen molar-refractivity contribution in [3.63, 3.8) is 0 Å². The summed E-state index contributed by atoms with van der Waals surface area (Å²) in [6.45, 7) is 3.24. The van der Waals surface area contributed by atoms with Crippen LogP contribution in [0.3, 0.4) is 0 Å². The second-order valence-electron chi connectivity index (χ2n) is 6.14. The van der Waals surface area contributed by atoms with E-state index in [1.54, 1.807) is 30.0 Å². The van der Waals surface area contributed by atoms with Crippen molar-refractivity contribution >= 4 is 17.3 Å². The van der Waals surface area contributed by atoms with Gasteiger partial charge in [-0.1, -0.05) is 6.07 Å². The van der Waals surface area contributed by atoms with E-state index in [4.69, 9.17) is 4.74 Å². The van der Waals surface area contributed by atoms with Gasteiger partial charge >= 0.3 is 5.69 Å². The van der Waals surface area contributed by atoms with Gasteiger partial charge in [-0.05, 0) is 31.9 Å². The number of hydrogen-bond acceptors (Lipinski definition) is 7. The van der Waals surface area contributed by atoms with E-state index in [9.17, 15) is 14.9 Å². The lowest BCUT2D eigenvalue weighted by atomic mass is 10.0. The fraction of sp³-hybridized carbons (Fsp3) is 0.389. The highest BCUT2D eigenvalue weighted by Crippen LogP contribution is 2.35. The summed E-state index contributed by atoms with van der Waals surface area (Å²) >= 11 is 0. The second kappa shape index (κ2) is 8.43. The van der Waals surface area contributed by atoms with Crippen LogP contribution in [-0.4, -0.2) is 51.4 Å². The number of nitro benzene ring substituents is 1. The number of carbonyl (C=O) groups is 1. The molecule has 9 nitrogen and oxygen atoms in total. The third-order valence-corrected chi connectivity index (χ3v) is 4.41. The highest BCUT2D eigenvalue weighted by atomic mass is 16.6. The van der Waals surface area contributed by atoms with E-state index < -0.39 is 4.92 Å². The van der Waals surface area contributed by atoms with Crippen LogP contribution in [0.4, 0.5) is 11.4 Å². The first-order chi connectivity index (χ1) is 13.1. The largest absolute Gasteiger partial charge is 0.487 e. The van der Waals surface area contributed by atoms with Crippen LogP contribution in [0.1, 0.15) is 30.3 Å². The van der Waals surface area contributed by atoms with E-state index in [0.29, 0.717) is 43.9 Å². The number of nitro groups is 1. The number of aromatic nitrogens is 2. The molecule has 1 aromatic heterocycles. The van der Waals surface area contributed by atoms with E-state index in [1.165, 1.54) is 18.6 Å². The third-order valence-electron chi connectivity index (χ3n) is 4.41. The Morgan fingerprint density at radius 2 is 2.15 bits per heavy atom. The van der Waals surface area contributed by atoms with Crippen LogP contribution in [0.15, 0.2) is 36.8 Å². The van der Waals surface area contributed by atoms with Crippen molar-refractivity contribution in [2.45, 2.75) is 25.8 Å². The topological polar surface area (TPSA) is 110 Å². The first-order valence-corrected chi connectivity index (χ1v) is 8.82. The average molecular weight is 371 g/mol. The molecule has 0 atom stereocenters. The number of nitrogens with one attached hydrogen (secondary N) is 1. The van der Waals surface area contributed by atoms with Crippen LogP contribution in [0.5, 0.6) is 5.75 Å². The predicted octanol–water partition coefficient (Wildman–Crippen LogP) is 2.50. The lowest BCUT2D eigenvalue weighted by molar-refractivity contribution is -0.385. The predicted molar refractivity (Wildman–Crippen MR) is 98.8 cm³/mol. The van der Waals surface area contributed by atoms with Gasteiger partial charge in [0.2, 0.25) is 0 Å². The molecule has 3 rings (SSSR count). The van der Waals surface area contributed by atoms with Crippen molar-refractivity contribution < 1.29 is 14.5 Å². The Kier molecular flexibility index (Phi) is 5.80. The van der Waals surface area contributed by atoms with Crippen molar-refractivity contribution in [3.8, 4) is 5.75 Å².